The van der Waals surface area contributed by atoms with Gasteiger partial charge in [-0.25, -0.2) is 9.98 Å². The molecule has 1 aromatic heterocycles. The minimum Gasteiger partial charge on any atom is -0.365 e. The molecule has 0 saturated carbocycles. The maximum absolute atomic E-state index is 12.3. The van der Waals surface area contributed by atoms with Crippen molar-refractivity contribution in [3.8, 4) is 5.88 Å². The lowest BCUT2D eigenvalue weighted by atomic mass is 10.0. The number of likely N-dealkylation sites (N-methyl/N-ethyl adjacent to an activating group) is 1. The van der Waals surface area contributed by atoms with Gasteiger partial charge < -0.3 is 9.61 Å². The Morgan fingerprint density at radius 2 is 2.16 bits per heavy atom. The molecular weight excluding hydrogens is 342 g/mol. The minimum absolute atomic E-state index is 0.167. The molecule has 1 N–H and O–H groups in total. The zero-order valence-corrected chi connectivity index (χ0v) is 15.5. The number of pyridine rings is 1. The van der Waals surface area contributed by atoms with Crippen LogP contribution in [0.25, 0.3) is 0 Å². The number of halogens is 1. The van der Waals surface area contributed by atoms with Crippen molar-refractivity contribution in [2.75, 3.05) is 6.54 Å². The molecule has 7 heteroatoms. The summed E-state index contributed by atoms with van der Waals surface area (Å²) in [5, 5.41) is 2.72. The van der Waals surface area contributed by atoms with E-state index in [4.69, 9.17) is 11.9 Å². The Morgan fingerprint density at radius 3 is 2.76 bits per heavy atom. The first-order chi connectivity index (χ1) is 11.9. The van der Waals surface area contributed by atoms with Crippen molar-refractivity contribution in [3.63, 3.8) is 0 Å². The van der Waals surface area contributed by atoms with Crippen LogP contribution in [0.2, 0.25) is 0 Å². The first kappa shape index (κ1) is 20.6. The molecule has 0 bridgehead atoms. The van der Waals surface area contributed by atoms with Gasteiger partial charge >= 0.3 is 0 Å². The number of carbonyl (C=O) groups excluding carboxylic acids is 2. The van der Waals surface area contributed by atoms with E-state index in [0.717, 1.165) is 0 Å². The van der Waals surface area contributed by atoms with E-state index >= 15 is 0 Å². The van der Waals surface area contributed by atoms with Gasteiger partial charge in [0, 0.05) is 30.1 Å². The second kappa shape index (κ2) is 10.4. The van der Waals surface area contributed by atoms with Crippen LogP contribution in [0.5, 0.6) is 5.88 Å². The Kier molecular flexibility index (Phi) is 8.56. The zero-order chi connectivity index (χ0) is 18.8. The van der Waals surface area contributed by atoms with Crippen molar-refractivity contribution in [3.05, 3.63) is 47.7 Å². The molecule has 2 amide bonds. The van der Waals surface area contributed by atoms with Gasteiger partial charge in [-0.15, -0.1) is 0 Å². The fourth-order valence-electron chi connectivity index (χ4n) is 1.96. The monoisotopic (exact) mass is 363 g/mol. The van der Waals surface area contributed by atoms with Gasteiger partial charge in [-0.05, 0) is 51.5 Å². The summed E-state index contributed by atoms with van der Waals surface area (Å²) < 4.78 is 4.54. The first-order valence-corrected chi connectivity index (χ1v) is 8.20. The maximum Gasteiger partial charge on any atom is 0.253 e. The second-order valence-corrected chi connectivity index (χ2v) is 5.41. The van der Waals surface area contributed by atoms with Crippen molar-refractivity contribution < 1.29 is 13.9 Å². The summed E-state index contributed by atoms with van der Waals surface area (Å²) in [6, 6.07) is 3.29. The van der Waals surface area contributed by atoms with E-state index in [-0.39, 0.29) is 17.7 Å². The number of hydrogen-bond donors (Lipinski definition) is 1. The largest absolute Gasteiger partial charge is 0.365 e. The highest BCUT2D eigenvalue weighted by Crippen LogP contribution is 2.20. The topological polar surface area (TPSA) is 80.7 Å². The molecule has 1 unspecified atom stereocenters. The molecule has 1 atom stereocenters. The molecule has 0 radical (unpaired) electrons. The number of nitrogens with one attached hydrogen (secondary N) is 1. The van der Waals surface area contributed by atoms with Crippen LogP contribution in [0.1, 0.15) is 39.2 Å². The third-order valence-electron chi connectivity index (χ3n) is 3.41. The van der Waals surface area contributed by atoms with Gasteiger partial charge in [-0.1, -0.05) is 6.08 Å². The van der Waals surface area contributed by atoms with Crippen LogP contribution in [0.3, 0.4) is 0 Å². The third-order valence-corrected chi connectivity index (χ3v) is 3.57. The summed E-state index contributed by atoms with van der Waals surface area (Å²) in [5.41, 5.74) is 1.71. The summed E-state index contributed by atoms with van der Waals surface area (Å²) in [7, 11) is 0. The summed E-state index contributed by atoms with van der Waals surface area (Å²) in [6.45, 7) is 7.61. The Bertz CT molecular complexity index is 711. The molecule has 0 aliphatic carbocycles. The minimum atomic E-state index is -0.471. The lowest BCUT2D eigenvalue weighted by molar-refractivity contribution is -0.119. The summed E-state index contributed by atoms with van der Waals surface area (Å²) in [6.07, 6.45) is 6.48. The predicted molar refractivity (Wildman–Crippen MR) is 98.8 cm³/mol. The van der Waals surface area contributed by atoms with Crippen LogP contribution in [0.4, 0.5) is 0 Å². The quantitative estimate of drug-likeness (QED) is 0.457. The van der Waals surface area contributed by atoms with E-state index in [9.17, 15) is 9.59 Å². The summed E-state index contributed by atoms with van der Waals surface area (Å²) >= 11 is 5.28. The molecule has 0 fully saturated rings. The van der Waals surface area contributed by atoms with Crippen molar-refractivity contribution in [1.82, 2.24) is 10.3 Å². The standard InChI is InChI=1S/C18H22ClN3O3/c1-5-14(18(24)20-6-2)8-7-12(3)22-17(23)13(4)15-9-10-21-16(11-15)25-19/h5,7-11,13H,6H2,1-4H3,(H,20,24)/b8-7-,14-5?,22-12?. The van der Waals surface area contributed by atoms with Gasteiger partial charge in [0.1, 0.15) is 11.9 Å². The molecule has 1 aromatic rings. The second-order valence-electron chi connectivity index (χ2n) is 5.25. The number of allylic oxidation sites excluding steroid dienone is 2. The Balaban J connectivity index is 2.84. The number of amides is 2. The van der Waals surface area contributed by atoms with Gasteiger partial charge in [-0.2, -0.15) is 0 Å². The lowest BCUT2D eigenvalue weighted by Crippen LogP contribution is -2.23. The molecule has 0 saturated heterocycles. The van der Waals surface area contributed by atoms with Crippen molar-refractivity contribution in [2.45, 2.75) is 33.6 Å². The molecule has 0 aliphatic rings. The van der Waals surface area contributed by atoms with E-state index in [2.05, 4.69) is 19.6 Å². The van der Waals surface area contributed by atoms with Gasteiger partial charge in [0.05, 0.1) is 5.92 Å². The van der Waals surface area contributed by atoms with Crippen LogP contribution in [-0.2, 0) is 9.59 Å². The smallest absolute Gasteiger partial charge is 0.253 e. The van der Waals surface area contributed by atoms with Crippen molar-refractivity contribution >= 4 is 29.4 Å². The van der Waals surface area contributed by atoms with Gasteiger partial charge in [0.15, 0.2) is 0 Å². The van der Waals surface area contributed by atoms with E-state index in [1.165, 1.54) is 6.20 Å². The third kappa shape index (κ3) is 6.51. The van der Waals surface area contributed by atoms with Gasteiger partial charge in [0.2, 0.25) is 5.88 Å². The van der Waals surface area contributed by atoms with Crippen LogP contribution in [-0.4, -0.2) is 29.1 Å². The molecule has 6 nitrogen and oxygen atoms in total. The van der Waals surface area contributed by atoms with E-state index in [0.29, 0.717) is 23.4 Å². The molecule has 0 aliphatic heterocycles. The average Bonchev–Trinajstić information content (AvgIpc) is 2.61. The summed E-state index contributed by atoms with van der Waals surface area (Å²) in [4.78, 5) is 32.0. The van der Waals surface area contributed by atoms with Crippen LogP contribution >= 0.6 is 11.9 Å². The Labute approximate surface area is 152 Å². The van der Waals surface area contributed by atoms with Crippen LogP contribution < -0.4 is 9.61 Å². The fourth-order valence-corrected chi connectivity index (χ4v) is 2.05. The zero-order valence-electron chi connectivity index (χ0n) is 14.7. The highest BCUT2D eigenvalue weighted by atomic mass is 35.5. The van der Waals surface area contributed by atoms with Crippen molar-refractivity contribution in [2.24, 2.45) is 4.99 Å². The average molecular weight is 364 g/mol. The lowest BCUT2D eigenvalue weighted by Gasteiger charge is -2.08. The molecule has 0 spiro atoms. The van der Waals surface area contributed by atoms with E-state index in [1.54, 1.807) is 51.1 Å². The molecule has 0 aromatic carbocycles. The highest BCUT2D eigenvalue weighted by Gasteiger charge is 2.15. The number of nitrogens with zero attached hydrogens (tertiary/aromatic N) is 2. The highest BCUT2D eigenvalue weighted by molar-refractivity contribution is 6.09. The van der Waals surface area contributed by atoms with Crippen molar-refractivity contribution in [1.29, 1.82) is 0 Å². The number of hydrogen-bond acceptors (Lipinski definition) is 4. The number of rotatable bonds is 7. The van der Waals surface area contributed by atoms with E-state index < -0.39 is 5.92 Å². The SMILES string of the molecule is CC=C(/C=C\C(C)=NC(=O)C(C)c1ccnc(OCl)c1)C(=O)NCC. The normalized spacial score (nSPS) is 13.6. The number of aliphatic imine (C=N–C) groups is 1. The van der Waals surface area contributed by atoms with Gasteiger partial charge in [-0.3, -0.25) is 9.59 Å². The Hall–Kier alpha value is -2.47. The molecule has 1 rings (SSSR count). The molecule has 25 heavy (non-hydrogen) atoms. The molecule has 1 heterocycles. The Morgan fingerprint density at radius 1 is 1.44 bits per heavy atom. The fraction of sp³-hybridized carbons (Fsp3) is 0.333. The first-order valence-electron chi connectivity index (χ1n) is 7.89. The summed E-state index contributed by atoms with van der Waals surface area (Å²) in [5.74, 6) is -0.728. The maximum atomic E-state index is 12.3. The molecular formula is C18H22ClN3O3. The molecule has 134 valence electrons. The van der Waals surface area contributed by atoms with E-state index in [1.807, 2.05) is 6.92 Å². The number of carbonyl (C=O) groups is 2. The van der Waals surface area contributed by atoms with Gasteiger partial charge in [0.25, 0.3) is 11.8 Å². The van der Waals surface area contributed by atoms with Crippen LogP contribution in [0, 0.1) is 0 Å². The number of aromatic nitrogens is 1. The van der Waals surface area contributed by atoms with Crippen LogP contribution in [0.15, 0.2) is 47.1 Å². The predicted octanol–water partition coefficient (Wildman–Crippen LogP) is 3.34.